The van der Waals surface area contributed by atoms with Crippen molar-refractivity contribution >= 4 is 18.9 Å². The zero-order valence-corrected chi connectivity index (χ0v) is 11.2. The van der Waals surface area contributed by atoms with E-state index in [1.165, 1.54) is 34.2 Å². The molecule has 0 N–H and O–H groups in total. The van der Waals surface area contributed by atoms with Crippen molar-refractivity contribution in [3.05, 3.63) is 47.1 Å². The minimum Gasteiger partial charge on any atom is -0.0886 e. The highest BCUT2D eigenvalue weighted by Gasteiger charge is 2.38. The summed E-state index contributed by atoms with van der Waals surface area (Å²) >= 11 is 0. The topological polar surface area (TPSA) is 0 Å². The molecule has 0 bridgehead atoms. The van der Waals surface area contributed by atoms with Crippen molar-refractivity contribution in [1.82, 2.24) is 0 Å². The Morgan fingerprint density at radius 2 is 2.06 bits per heavy atom. The van der Waals surface area contributed by atoms with Crippen LogP contribution in [0.4, 0.5) is 0 Å². The maximum atomic E-state index is 2.48. The van der Waals surface area contributed by atoms with E-state index < -0.39 is 0 Å². The van der Waals surface area contributed by atoms with Crippen molar-refractivity contribution in [3.8, 4) is 0 Å². The zero-order valence-electron chi connectivity index (χ0n) is 11.2. The van der Waals surface area contributed by atoms with E-state index in [0.717, 1.165) is 0 Å². The fourth-order valence-corrected chi connectivity index (χ4v) is 3.21. The van der Waals surface area contributed by atoms with Gasteiger partial charge in [0.1, 0.15) is 7.85 Å². The molecule has 2 aliphatic carbocycles. The van der Waals surface area contributed by atoms with Crippen molar-refractivity contribution in [1.29, 1.82) is 0 Å². The standard InChI is InChI=1S/C16H19B/c1-10-4-6-12-13-7-5-11(17)9-15(13)16(2,3)14(12)8-10/h5-10H,4,17H2,1-3H3. The van der Waals surface area contributed by atoms with Gasteiger partial charge in [-0.3, -0.25) is 0 Å². The second-order valence-electron chi connectivity index (χ2n) is 6.09. The van der Waals surface area contributed by atoms with Crippen LogP contribution in [0.2, 0.25) is 0 Å². The van der Waals surface area contributed by atoms with Gasteiger partial charge < -0.3 is 0 Å². The quantitative estimate of drug-likeness (QED) is 0.592. The SMILES string of the molecule is Bc1ccc2c(c1)C(C)(C)C1=CC(C)CC=C12. The van der Waals surface area contributed by atoms with Gasteiger partial charge in [-0.2, -0.15) is 0 Å². The van der Waals surface area contributed by atoms with Crippen LogP contribution in [0.5, 0.6) is 0 Å². The summed E-state index contributed by atoms with van der Waals surface area (Å²) in [5.41, 5.74) is 7.54. The van der Waals surface area contributed by atoms with E-state index in [1.54, 1.807) is 0 Å². The molecular weight excluding hydrogens is 203 g/mol. The van der Waals surface area contributed by atoms with Crippen molar-refractivity contribution in [2.75, 3.05) is 0 Å². The Kier molecular flexibility index (Phi) is 2.17. The number of rotatable bonds is 0. The monoisotopic (exact) mass is 222 g/mol. The molecule has 0 saturated carbocycles. The maximum absolute atomic E-state index is 2.48. The Balaban J connectivity index is 2.28. The van der Waals surface area contributed by atoms with Crippen LogP contribution in [0.25, 0.3) is 5.57 Å². The van der Waals surface area contributed by atoms with Gasteiger partial charge in [-0.05, 0) is 34.6 Å². The molecule has 0 nitrogen and oxygen atoms in total. The average Bonchev–Trinajstić information content (AvgIpc) is 2.49. The molecule has 86 valence electrons. The average molecular weight is 222 g/mol. The second kappa shape index (κ2) is 3.38. The highest BCUT2D eigenvalue weighted by molar-refractivity contribution is 6.32. The minimum atomic E-state index is 0.182. The summed E-state index contributed by atoms with van der Waals surface area (Å²) in [7, 11) is 2.18. The molecule has 1 aromatic carbocycles. The van der Waals surface area contributed by atoms with Crippen LogP contribution in [-0.4, -0.2) is 7.85 Å². The largest absolute Gasteiger partial charge is 0.139 e. The number of hydrogen-bond acceptors (Lipinski definition) is 0. The second-order valence-corrected chi connectivity index (χ2v) is 6.09. The molecule has 1 aromatic rings. The Labute approximate surface area is 105 Å². The number of hydrogen-bond donors (Lipinski definition) is 0. The summed E-state index contributed by atoms with van der Waals surface area (Å²) in [5, 5.41) is 0. The molecule has 0 aliphatic heterocycles. The normalized spacial score (nSPS) is 24.8. The van der Waals surface area contributed by atoms with Crippen molar-refractivity contribution < 1.29 is 0 Å². The molecule has 0 spiro atoms. The highest BCUT2D eigenvalue weighted by atomic mass is 14.4. The van der Waals surface area contributed by atoms with Crippen molar-refractivity contribution in [2.45, 2.75) is 32.6 Å². The fraction of sp³-hybridized carbons (Fsp3) is 0.375. The first-order valence-electron chi connectivity index (χ1n) is 6.54. The summed E-state index contributed by atoms with van der Waals surface area (Å²) in [6.45, 7) is 7.02. The van der Waals surface area contributed by atoms with Gasteiger partial charge in [0.2, 0.25) is 0 Å². The van der Waals surface area contributed by atoms with Crippen LogP contribution >= 0.6 is 0 Å². The van der Waals surface area contributed by atoms with E-state index in [-0.39, 0.29) is 5.41 Å². The number of allylic oxidation sites excluding steroid dienone is 4. The molecule has 0 radical (unpaired) electrons. The molecule has 1 heteroatoms. The first-order valence-corrected chi connectivity index (χ1v) is 6.54. The molecule has 1 unspecified atom stereocenters. The van der Waals surface area contributed by atoms with Crippen LogP contribution in [-0.2, 0) is 5.41 Å². The molecule has 0 heterocycles. The first-order chi connectivity index (χ1) is 8.00. The van der Waals surface area contributed by atoms with Gasteiger partial charge in [-0.1, -0.05) is 56.6 Å². The molecule has 17 heavy (non-hydrogen) atoms. The first kappa shape index (κ1) is 10.9. The molecule has 2 aliphatic rings. The Morgan fingerprint density at radius 1 is 1.29 bits per heavy atom. The summed E-state index contributed by atoms with van der Waals surface area (Å²) < 4.78 is 0. The van der Waals surface area contributed by atoms with Gasteiger partial charge in [0, 0.05) is 5.41 Å². The molecule has 1 atom stereocenters. The lowest BCUT2D eigenvalue weighted by Gasteiger charge is -2.25. The Hall–Kier alpha value is -1.24. The molecule has 0 amide bonds. The molecular formula is C16H19B. The van der Waals surface area contributed by atoms with Gasteiger partial charge >= 0.3 is 0 Å². The van der Waals surface area contributed by atoms with Crippen LogP contribution in [0, 0.1) is 5.92 Å². The van der Waals surface area contributed by atoms with E-state index in [9.17, 15) is 0 Å². The third-order valence-electron chi connectivity index (χ3n) is 4.25. The zero-order chi connectivity index (χ0) is 12.2. The van der Waals surface area contributed by atoms with Crippen LogP contribution in [0.1, 0.15) is 38.3 Å². The highest BCUT2D eigenvalue weighted by Crippen LogP contribution is 2.51. The van der Waals surface area contributed by atoms with E-state index >= 15 is 0 Å². The summed E-state index contributed by atoms with van der Waals surface area (Å²) in [4.78, 5) is 0. The summed E-state index contributed by atoms with van der Waals surface area (Å²) in [5.74, 6) is 0.684. The van der Waals surface area contributed by atoms with E-state index in [1.807, 2.05) is 0 Å². The Morgan fingerprint density at radius 3 is 2.82 bits per heavy atom. The molecule has 0 aromatic heterocycles. The molecule has 0 fully saturated rings. The van der Waals surface area contributed by atoms with Crippen molar-refractivity contribution in [2.24, 2.45) is 5.92 Å². The lowest BCUT2D eigenvalue weighted by atomic mass is 9.78. The van der Waals surface area contributed by atoms with Gasteiger partial charge in [-0.15, -0.1) is 0 Å². The van der Waals surface area contributed by atoms with Gasteiger partial charge in [0.25, 0.3) is 0 Å². The van der Waals surface area contributed by atoms with Crippen LogP contribution in [0.3, 0.4) is 0 Å². The third-order valence-corrected chi connectivity index (χ3v) is 4.25. The van der Waals surface area contributed by atoms with Gasteiger partial charge in [-0.25, -0.2) is 0 Å². The smallest absolute Gasteiger partial charge is 0.0886 e. The maximum Gasteiger partial charge on any atom is 0.139 e. The van der Waals surface area contributed by atoms with Gasteiger partial charge in [0.15, 0.2) is 0 Å². The van der Waals surface area contributed by atoms with Crippen molar-refractivity contribution in [3.63, 3.8) is 0 Å². The van der Waals surface area contributed by atoms with E-state index in [0.29, 0.717) is 5.92 Å². The number of benzene rings is 1. The molecule has 0 saturated heterocycles. The number of fused-ring (bicyclic) bond motifs is 3. The third kappa shape index (κ3) is 1.45. The molecule has 3 rings (SSSR count). The van der Waals surface area contributed by atoms with Crippen LogP contribution < -0.4 is 5.46 Å². The lowest BCUT2D eigenvalue weighted by Crippen LogP contribution is -2.18. The predicted octanol–water partition coefficient (Wildman–Crippen LogP) is 2.59. The Bertz CT molecular complexity index is 547. The van der Waals surface area contributed by atoms with Gasteiger partial charge in [0.05, 0.1) is 0 Å². The summed E-state index contributed by atoms with van der Waals surface area (Å²) in [6.07, 6.45) is 6.09. The fourth-order valence-electron chi connectivity index (χ4n) is 3.21. The summed E-state index contributed by atoms with van der Waals surface area (Å²) in [6, 6.07) is 6.89. The predicted molar refractivity (Wildman–Crippen MR) is 77.5 cm³/mol. The minimum absolute atomic E-state index is 0.182. The van der Waals surface area contributed by atoms with E-state index in [4.69, 9.17) is 0 Å². The lowest BCUT2D eigenvalue weighted by molar-refractivity contribution is 0.633. The van der Waals surface area contributed by atoms with Crippen LogP contribution in [0.15, 0.2) is 35.9 Å². The van der Waals surface area contributed by atoms with E-state index in [2.05, 4.69) is 59.0 Å².